The maximum Gasteiger partial charge on any atom is 0.407 e. The molecule has 0 radical (unpaired) electrons. The SMILES string of the molecule is COC(=O)[C@H](Cc1ccc(-c2c(C)n(C)c(=O)n(C)c2=O)cc1)NC(=O)c1c(F)cc(CN(Cc2cc(F)c(C(N)=O)c(F)c2)C(=O)CCNC(=O)OCc2ccccc2)cc1F. The quantitative estimate of drug-likeness (QED) is 0.0966. The number of benzene rings is 4. The Hall–Kier alpha value is -7.57. The van der Waals surface area contributed by atoms with E-state index in [2.05, 4.69) is 10.6 Å². The summed E-state index contributed by atoms with van der Waals surface area (Å²) >= 11 is 0. The highest BCUT2D eigenvalue weighted by Gasteiger charge is 2.28. The van der Waals surface area contributed by atoms with Crippen LogP contribution < -0.4 is 27.6 Å². The van der Waals surface area contributed by atoms with Gasteiger partial charge in [0.05, 0.1) is 12.7 Å². The third-order valence-corrected chi connectivity index (χ3v) is 10.0. The molecule has 4 N–H and O–H groups in total. The minimum absolute atomic E-state index is 0.0574. The van der Waals surface area contributed by atoms with Crippen molar-refractivity contribution in [1.82, 2.24) is 24.7 Å². The second kappa shape index (κ2) is 20.3. The number of ether oxygens (including phenoxy) is 2. The van der Waals surface area contributed by atoms with Crippen molar-refractivity contribution in [3.8, 4) is 11.1 Å². The number of nitrogens with one attached hydrogen (secondary N) is 2. The van der Waals surface area contributed by atoms with Crippen molar-refractivity contribution in [2.24, 2.45) is 19.8 Å². The van der Waals surface area contributed by atoms with Crippen molar-refractivity contribution in [1.29, 1.82) is 0 Å². The van der Waals surface area contributed by atoms with Gasteiger partial charge in [-0.25, -0.2) is 31.9 Å². The van der Waals surface area contributed by atoms with Gasteiger partial charge in [-0.3, -0.25) is 23.7 Å². The number of carbonyl (C=O) groups is 5. The Morgan fingerprint density at radius 2 is 1.32 bits per heavy atom. The van der Waals surface area contributed by atoms with Crippen molar-refractivity contribution in [2.45, 2.75) is 45.5 Å². The zero-order chi connectivity index (χ0) is 46.1. The number of hydrogen-bond acceptors (Lipinski definition) is 9. The Bertz CT molecular complexity index is 2640. The van der Waals surface area contributed by atoms with Crippen LogP contribution in [0.5, 0.6) is 0 Å². The first kappa shape index (κ1) is 46.5. The number of halogens is 4. The van der Waals surface area contributed by atoms with E-state index < -0.39 is 101 Å². The van der Waals surface area contributed by atoms with Crippen LogP contribution in [0.1, 0.15) is 55.1 Å². The van der Waals surface area contributed by atoms with Gasteiger partial charge in [0, 0.05) is 52.3 Å². The third kappa shape index (κ3) is 11.2. The lowest BCUT2D eigenvalue weighted by molar-refractivity contribution is -0.142. The van der Waals surface area contributed by atoms with Crippen LogP contribution in [0.15, 0.2) is 88.5 Å². The van der Waals surface area contributed by atoms with Crippen LogP contribution in [0.25, 0.3) is 11.1 Å². The average molecular weight is 875 g/mol. The Balaban J connectivity index is 1.32. The van der Waals surface area contributed by atoms with E-state index >= 15 is 8.78 Å². The third-order valence-electron chi connectivity index (χ3n) is 10.0. The van der Waals surface area contributed by atoms with E-state index in [4.69, 9.17) is 15.2 Å². The number of methoxy groups -OCH3 is 1. The summed E-state index contributed by atoms with van der Waals surface area (Å²) in [7, 11) is 3.92. The van der Waals surface area contributed by atoms with E-state index in [1.165, 1.54) is 18.7 Å². The van der Waals surface area contributed by atoms with Gasteiger partial charge in [-0.15, -0.1) is 0 Å². The van der Waals surface area contributed by atoms with Crippen LogP contribution in [-0.4, -0.2) is 63.5 Å². The molecule has 0 saturated carbocycles. The molecule has 63 heavy (non-hydrogen) atoms. The molecule has 4 aromatic carbocycles. The van der Waals surface area contributed by atoms with E-state index in [-0.39, 0.29) is 36.3 Å². The van der Waals surface area contributed by atoms with E-state index in [0.717, 1.165) is 40.8 Å². The molecule has 4 amide bonds. The topological polar surface area (TPSA) is 201 Å². The summed E-state index contributed by atoms with van der Waals surface area (Å²) in [4.78, 5) is 89.6. The minimum Gasteiger partial charge on any atom is -0.467 e. The summed E-state index contributed by atoms with van der Waals surface area (Å²) in [6, 6.07) is 16.6. The molecule has 0 unspecified atom stereocenters. The van der Waals surface area contributed by atoms with Gasteiger partial charge in [0.1, 0.15) is 47.0 Å². The van der Waals surface area contributed by atoms with Crippen LogP contribution in [0.2, 0.25) is 0 Å². The van der Waals surface area contributed by atoms with Crippen molar-refractivity contribution >= 4 is 29.8 Å². The number of primary amides is 1. The molecule has 0 fully saturated rings. The fraction of sp³-hybridized carbons (Fsp3) is 0.250. The van der Waals surface area contributed by atoms with E-state index in [1.807, 2.05) is 0 Å². The number of carbonyl (C=O) groups excluding carboxylic acids is 5. The largest absolute Gasteiger partial charge is 0.467 e. The van der Waals surface area contributed by atoms with Crippen LogP contribution in [0, 0.1) is 30.2 Å². The number of aromatic nitrogens is 2. The molecule has 0 saturated heterocycles. The Morgan fingerprint density at radius 1 is 0.762 bits per heavy atom. The lowest BCUT2D eigenvalue weighted by Crippen LogP contribution is -2.43. The van der Waals surface area contributed by atoms with Crippen molar-refractivity contribution in [2.75, 3.05) is 13.7 Å². The fourth-order valence-electron chi connectivity index (χ4n) is 6.65. The number of rotatable bonds is 16. The molecule has 19 heteroatoms. The molecule has 5 rings (SSSR count). The molecular weight excluding hydrogens is 833 g/mol. The maximum absolute atomic E-state index is 15.7. The zero-order valence-corrected chi connectivity index (χ0v) is 34.4. The average Bonchev–Trinajstić information content (AvgIpc) is 3.23. The smallest absolute Gasteiger partial charge is 0.407 e. The Labute approximate surface area is 357 Å². The fourth-order valence-corrected chi connectivity index (χ4v) is 6.65. The highest BCUT2D eigenvalue weighted by Crippen LogP contribution is 2.23. The molecule has 0 aliphatic carbocycles. The van der Waals surface area contributed by atoms with Gasteiger partial charge < -0.3 is 35.3 Å². The lowest BCUT2D eigenvalue weighted by atomic mass is 10.00. The van der Waals surface area contributed by atoms with Gasteiger partial charge in [0.2, 0.25) is 5.91 Å². The summed E-state index contributed by atoms with van der Waals surface area (Å²) in [6.45, 7) is 0.174. The molecule has 15 nitrogen and oxygen atoms in total. The van der Waals surface area contributed by atoms with Gasteiger partial charge in [-0.1, -0.05) is 54.6 Å². The van der Waals surface area contributed by atoms with Crippen molar-refractivity contribution in [3.63, 3.8) is 0 Å². The van der Waals surface area contributed by atoms with Crippen LogP contribution in [0.4, 0.5) is 22.4 Å². The summed E-state index contributed by atoms with van der Waals surface area (Å²) in [5, 5.41) is 4.69. The predicted molar refractivity (Wildman–Crippen MR) is 219 cm³/mol. The monoisotopic (exact) mass is 874 g/mol. The first-order valence-corrected chi connectivity index (χ1v) is 19.1. The molecule has 1 aromatic heterocycles. The van der Waals surface area contributed by atoms with Crippen LogP contribution >= 0.6 is 0 Å². The summed E-state index contributed by atoms with van der Waals surface area (Å²) in [6.07, 6.45) is -1.46. The molecule has 0 bridgehead atoms. The number of nitrogens with two attached hydrogens (primary N) is 1. The van der Waals surface area contributed by atoms with E-state index in [0.29, 0.717) is 22.4 Å². The number of esters is 1. The molecule has 1 heterocycles. The highest BCUT2D eigenvalue weighted by molar-refractivity contribution is 5.97. The first-order chi connectivity index (χ1) is 29.9. The zero-order valence-electron chi connectivity index (χ0n) is 34.4. The van der Waals surface area contributed by atoms with Gasteiger partial charge in [0.25, 0.3) is 17.4 Å². The predicted octanol–water partition coefficient (Wildman–Crippen LogP) is 4.07. The molecule has 330 valence electrons. The van der Waals surface area contributed by atoms with E-state index in [1.54, 1.807) is 61.5 Å². The first-order valence-electron chi connectivity index (χ1n) is 19.1. The molecule has 1 atom stereocenters. The van der Waals surface area contributed by atoms with Gasteiger partial charge in [-0.05, 0) is 59.0 Å². The highest BCUT2D eigenvalue weighted by atomic mass is 19.1. The van der Waals surface area contributed by atoms with Crippen LogP contribution in [0.3, 0.4) is 0 Å². The number of amides is 4. The summed E-state index contributed by atoms with van der Waals surface area (Å²) in [5.74, 6) is -9.80. The van der Waals surface area contributed by atoms with Gasteiger partial charge >= 0.3 is 17.8 Å². The summed E-state index contributed by atoms with van der Waals surface area (Å²) < 4.78 is 73.0. The maximum atomic E-state index is 15.7. The van der Waals surface area contributed by atoms with Crippen molar-refractivity contribution in [3.05, 3.63) is 162 Å². The molecular formula is C44H42F4N6O9. The lowest BCUT2D eigenvalue weighted by Gasteiger charge is -2.24. The normalized spacial score (nSPS) is 11.4. The standard InChI is InChI=1S/C44H42F4N6O9/c1-24-36(41(58)53(3)44(61)52(24)2)29-12-10-25(11-13-29)20-34(42(59)62-4)51-40(57)38-32(47)18-28(19-33(38)48)22-54(21-27-16-30(45)37(39(49)56)31(46)17-27)35(55)14-15-50-43(60)63-23-26-8-6-5-7-9-26/h5-13,16-19,34H,14-15,20-23H2,1-4H3,(H2,49,56)(H,50,60)(H,51,57)/t34-/m0/s1. The van der Waals surface area contributed by atoms with E-state index in [9.17, 15) is 42.3 Å². The number of alkyl carbamates (subject to hydrolysis) is 1. The minimum atomic E-state index is -1.45. The summed E-state index contributed by atoms with van der Waals surface area (Å²) in [5.41, 5.74) is 3.90. The molecule has 0 aliphatic heterocycles. The van der Waals surface area contributed by atoms with Gasteiger partial charge in [-0.2, -0.15) is 0 Å². The second-order valence-corrected chi connectivity index (χ2v) is 14.3. The molecule has 0 spiro atoms. The Kier molecular flexibility index (Phi) is 15.0. The molecule has 0 aliphatic rings. The van der Waals surface area contributed by atoms with Crippen molar-refractivity contribution < 1.29 is 51.0 Å². The number of hydrogen-bond donors (Lipinski definition) is 3. The van der Waals surface area contributed by atoms with Crippen LogP contribution in [-0.2, 0) is 59.3 Å². The number of nitrogens with zero attached hydrogens (tertiary/aromatic N) is 3. The Morgan fingerprint density at radius 3 is 1.86 bits per heavy atom. The van der Waals surface area contributed by atoms with Gasteiger partial charge in [0.15, 0.2) is 0 Å². The molecule has 5 aromatic rings. The second-order valence-electron chi connectivity index (χ2n) is 14.3.